The lowest BCUT2D eigenvalue weighted by Crippen LogP contribution is -2.29. The molecule has 2 N–H and O–H groups in total. The number of thiophene rings is 1. The van der Waals surface area contributed by atoms with E-state index in [4.69, 9.17) is 0 Å². The maximum absolute atomic E-state index is 11.7. The van der Waals surface area contributed by atoms with Gasteiger partial charge in [0.25, 0.3) is 0 Å². The lowest BCUT2D eigenvalue weighted by atomic mass is 10.4. The van der Waals surface area contributed by atoms with Gasteiger partial charge in [0.15, 0.2) is 0 Å². The van der Waals surface area contributed by atoms with Crippen LogP contribution in [0.1, 0.15) is 22.6 Å². The molecule has 0 aliphatic heterocycles. The van der Waals surface area contributed by atoms with Crippen LogP contribution in [0.25, 0.3) is 0 Å². The molecule has 1 saturated carbocycles. The number of carbonyl (C=O) groups is 1. The lowest BCUT2D eigenvalue weighted by molar-refractivity contribution is -0.122. The minimum Gasteiger partial charge on any atom is -0.378 e. The summed E-state index contributed by atoms with van der Waals surface area (Å²) in [6.07, 6.45) is 5.82. The summed E-state index contributed by atoms with van der Waals surface area (Å²) in [5, 5.41) is 10.5. The zero-order valence-electron chi connectivity index (χ0n) is 11.7. The summed E-state index contributed by atoms with van der Waals surface area (Å²) in [5.41, 5.74) is 0.927. The number of carbonyl (C=O) groups excluding carboxylic acids is 1. The van der Waals surface area contributed by atoms with Gasteiger partial charge in [0.05, 0.1) is 11.9 Å². The molecule has 1 fully saturated rings. The first kappa shape index (κ1) is 14.6. The Balaban J connectivity index is 1.51. The Morgan fingerprint density at radius 2 is 2.38 bits per heavy atom. The van der Waals surface area contributed by atoms with Crippen LogP contribution in [0.5, 0.6) is 0 Å². The molecule has 0 bridgehead atoms. The maximum Gasteiger partial charge on any atom is 0.241 e. The van der Waals surface area contributed by atoms with Crippen LogP contribution in [-0.4, -0.2) is 21.7 Å². The van der Waals surface area contributed by atoms with Gasteiger partial charge in [0.2, 0.25) is 5.91 Å². The first-order valence-corrected chi connectivity index (χ1v) is 8.51. The first-order valence-electron chi connectivity index (χ1n) is 6.90. The van der Waals surface area contributed by atoms with Crippen molar-refractivity contribution in [2.75, 3.05) is 5.32 Å². The number of halogens is 1. The summed E-state index contributed by atoms with van der Waals surface area (Å²) < 4.78 is 2.81. The third kappa shape index (κ3) is 4.07. The molecular weight excluding hydrogens is 352 g/mol. The summed E-state index contributed by atoms with van der Waals surface area (Å²) in [6.45, 7) is 3.13. The van der Waals surface area contributed by atoms with Gasteiger partial charge in [-0.3, -0.25) is 9.48 Å². The standard InChI is InChI=1S/C14H17BrN4OS/c1-9-13(15)4-12(21-9)6-16-11-5-17-19(7-11)8-14(20)18-10-2-3-10/h4-5,7,10,16H,2-3,6,8H2,1H3,(H,18,20). The van der Waals surface area contributed by atoms with Crippen molar-refractivity contribution in [2.45, 2.75) is 38.9 Å². The van der Waals surface area contributed by atoms with Crippen LogP contribution in [-0.2, 0) is 17.9 Å². The molecule has 21 heavy (non-hydrogen) atoms. The predicted octanol–water partition coefficient (Wildman–Crippen LogP) is 2.91. The highest BCUT2D eigenvalue weighted by molar-refractivity contribution is 9.10. The molecule has 2 heterocycles. The number of nitrogens with zero attached hydrogens (tertiary/aromatic N) is 2. The molecular formula is C14H17BrN4OS. The second kappa shape index (κ2) is 6.19. The van der Waals surface area contributed by atoms with Crippen LogP contribution in [0.4, 0.5) is 5.69 Å². The van der Waals surface area contributed by atoms with Gasteiger partial charge in [-0.25, -0.2) is 0 Å². The first-order chi connectivity index (χ1) is 10.1. The molecule has 2 aromatic rings. The van der Waals surface area contributed by atoms with E-state index in [-0.39, 0.29) is 12.5 Å². The number of amides is 1. The predicted molar refractivity (Wildman–Crippen MR) is 87.5 cm³/mol. The van der Waals surface area contributed by atoms with Crippen molar-refractivity contribution >= 4 is 38.9 Å². The maximum atomic E-state index is 11.7. The van der Waals surface area contributed by atoms with Gasteiger partial charge < -0.3 is 10.6 Å². The number of aryl methyl sites for hydroxylation is 1. The number of aromatic nitrogens is 2. The highest BCUT2D eigenvalue weighted by Gasteiger charge is 2.23. The van der Waals surface area contributed by atoms with Crippen molar-refractivity contribution in [1.82, 2.24) is 15.1 Å². The smallest absolute Gasteiger partial charge is 0.241 e. The molecule has 112 valence electrons. The molecule has 5 nitrogen and oxygen atoms in total. The van der Waals surface area contributed by atoms with Crippen molar-refractivity contribution in [2.24, 2.45) is 0 Å². The molecule has 0 unspecified atom stereocenters. The fourth-order valence-electron chi connectivity index (χ4n) is 1.98. The van der Waals surface area contributed by atoms with E-state index >= 15 is 0 Å². The van der Waals surface area contributed by atoms with Gasteiger partial charge in [0, 0.05) is 33.0 Å². The van der Waals surface area contributed by atoms with Gasteiger partial charge in [-0.05, 0) is 41.8 Å². The van der Waals surface area contributed by atoms with Gasteiger partial charge in [-0.15, -0.1) is 11.3 Å². The van der Waals surface area contributed by atoms with E-state index in [0.29, 0.717) is 6.04 Å². The molecule has 0 aromatic carbocycles. The second-order valence-electron chi connectivity index (χ2n) is 5.24. The van der Waals surface area contributed by atoms with E-state index in [9.17, 15) is 4.79 Å². The summed E-state index contributed by atoms with van der Waals surface area (Å²) in [6, 6.07) is 2.52. The van der Waals surface area contributed by atoms with E-state index in [1.807, 2.05) is 6.20 Å². The Labute approximate surface area is 135 Å². The molecule has 7 heteroatoms. The van der Waals surface area contributed by atoms with Crippen molar-refractivity contribution in [3.63, 3.8) is 0 Å². The third-order valence-corrected chi connectivity index (χ3v) is 5.39. The van der Waals surface area contributed by atoms with Crippen LogP contribution in [0.2, 0.25) is 0 Å². The summed E-state index contributed by atoms with van der Waals surface area (Å²) in [4.78, 5) is 14.2. The topological polar surface area (TPSA) is 59.0 Å². The van der Waals surface area contributed by atoms with Crippen LogP contribution in [0, 0.1) is 6.92 Å². The van der Waals surface area contributed by atoms with Crippen molar-refractivity contribution in [1.29, 1.82) is 0 Å². The molecule has 0 saturated heterocycles. The largest absolute Gasteiger partial charge is 0.378 e. The SMILES string of the molecule is Cc1sc(CNc2cnn(CC(=O)NC3CC3)c2)cc1Br. The highest BCUT2D eigenvalue weighted by atomic mass is 79.9. The Morgan fingerprint density at radius 3 is 3.05 bits per heavy atom. The molecule has 0 spiro atoms. The molecule has 2 aromatic heterocycles. The normalized spacial score (nSPS) is 14.2. The minimum absolute atomic E-state index is 0.0324. The van der Waals surface area contributed by atoms with E-state index in [2.05, 4.69) is 44.7 Å². The molecule has 3 rings (SSSR count). The Kier molecular flexibility index (Phi) is 4.30. The Morgan fingerprint density at radius 1 is 1.57 bits per heavy atom. The van der Waals surface area contributed by atoms with Crippen molar-refractivity contribution in [3.05, 3.63) is 32.7 Å². The second-order valence-corrected chi connectivity index (χ2v) is 7.43. The lowest BCUT2D eigenvalue weighted by Gasteiger charge is -2.03. The van der Waals surface area contributed by atoms with Crippen molar-refractivity contribution < 1.29 is 4.79 Å². The number of rotatable bonds is 6. The number of nitrogens with one attached hydrogen (secondary N) is 2. The zero-order valence-corrected chi connectivity index (χ0v) is 14.1. The van der Waals surface area contributed by atoms with Crippen LogP contribution in [0.15, 0.2) is 22.9 Å². The average Bonchev–Trinajstić information content (AvgIpc) is 3.03. The average molecular weight is 369 g/mol. The van der Waals surface area contributed by atoms with E-state index in [1.165, 1.54) is 9.75 Å². The Hall–Kier alpha value is -1.34. The van der Waals surface area contributed by atoms with Gasteiger partial charge >= 0.3 is 0 Å². The highest BCUT2D eigenvalue weighted by Crippen LogP contribution is 2.26. The molecule has 1 aliphatic rings. The minimum atomic E-state index is 0.0324. The Bertz CT molecular complexity index is 628. The molecule has 1 aliphatic carbocycles. The van der Waals surface area contributed by atoms with E-state index in [0.717, 1.165) is 29.5 Å². The van der Waals surface area contributed by atoms with Gasteiger partial charge in [0.1, 0.15) is 6.54 Å². The summed E-state index contributed by atoms with van der Waals surface area (Å²) in [7, 11) is 0. The van der Waals surface area contributed by atoms with Crippen molar-refractivity contribution in [3.8, 4) is 0 Å². The quantitative estimate of drug-likeness (QED) is 0.823. The number of hydrogen-bond donors (Lipinski definition) is 2. The molecule has 0 radical (unpaired) electrons. The number of hydrogen-bond acceptors (Lipinski definition) is 4. The van der Waals surface area contributed by atoms with Crippen LogP contribution >= 0.6 is 27.3 Å². The summed E-state index contributed by atoms with van der Waals surface area (Å²) in [5.74, 6) is 0.0324. The summed E-state index contributed by atoms with van der Waals surface area (Å²) >= 11 is 5.28. The third-order valence-electron chi connectivity index (χ3n) is 3.26. The molecule has 0 atom stereocenters. The van der Waals surface area contributed by atoms with Crippen LogP contribution in [0.3, 0.4) is 0 Å². The van der Waals surface area contributed by atoms with E-state index in [1.54, 1.807) is 22.2 Å². The fraction of sp³-hybridized carbons (Fsp3) is 0.429. The zero-order chi connectivity index (χ0) is 14.8. The monoisotopic (exact) mass is 368 g/mol. The molecule has 1 amide bonds. The number of anilines is 1. The van der Waals surface area contributed by atoms with Crippen LogP contribution < -0.4 is 10.6 Å². The van der Waals surface area contributed by atoms with Gasteiger partial charge in [-0.2, -0.15) is 5.10 Å². The van der Waals surface area contributed by atoms with E-state index < -0.39 is 0 Å². The fourth-order valence-corrected chi connectivity index (χ4v) is 3.53. The van der Waals surface area contributed by atoms with Gasteiger partial charge in [-0.1, -0.05) is 0 Å².